The number of rotatable bonds is 7. The average molecular weight is 390 g/mol. The number of carbonyl (C=O) groups is 1. The molecule has 0 unspecified atom stereocenters. The number of nitrogens with zero attached hydrogens (tertiary/aromatic N) is 2. The first kappa shape index (κ1) is 18.6. The molecule has 0 fully saturated rings. The molecule has 3 aromatic rings. The fourth-order valence-corrected chi connectivity index (χ4v) is 4.05. The Bertz CT molecular complexity index is 951. The number of carbonyl (C=O) groups excluding carboxylic acids is 1. The van der Waals surface area contributed by atoms with Crippen LogP contribution in [0.5, 0.6) is 0 Å². The third kappa shape index (κ3) is 4.51. The fraction of sp³-hybridized carbons (Fsp3) is 0.278. The molecule has 1 amide bonds. The van der Waals surface area contributed by atoms with E-state index >= 15 is 0 Å². The Morgan fingerprint density at radius 2 is 2.12 bits per heavy atom. The molecular weight excluding hydrogens is 370 g/mol. The molecular formula is C18H19N3O3S2. The minimum Gasteiger partial charge on any atom is -0.392 e. The number of hydrogen-bond acceptors (Lipinski definition) is 6. The number of nitrogens with one attached hydrogen (secondary N) is 1. The number of fused-ring (bicyclic) bond motifs is 1. The highest BCUT2D eigenvalue weighted by Gasteiger charge is 2.15. The van der Waals surface area contributed by atoms with Crippen molar-refractivity contribution in [2.45, 2.75) is 31.3 Å². The van der Waals surface area contributed by atoms with E-state index in [0.717, 1.165) is 5.56 Å². The maximum absolute atomic E-state index is 12.6. The number of aliphatic hydroxyl groups excluding tert-OH is 1. The average Bonchev–Trinajstić information content (AvgIpc) is 3.10. The van der Waals surface area contributed by atoms with Gasteiger partial charge in [0.2, 0.25) is 5.91 Å². The second-order valence-electron chi connectivity index (χ2n) is 5.85. The Balaban J connectivity index is 1.71. The minimum absolute atomic E-state index is 0.137. The van der Waals surface area contributed by atoms with Crippen molar-refractivity contribution in [1.29, 1.82) is 0 Å². The summed E-state index contributed by atoms with van der Waals surface area (Å²) < 4.78 is 2.00. The molecule has 2 N–H and O–H groups in total. The molecule has 0 spiro atoms. The number of aromatic nitrogens is 2. The van der Waals surface area contributed by atoms with Crippen molar-refractivity contribution in [3.63, 3.8) is 0 Å². The molecule has 26 heavy (non-hydrogen) atoms. The summed E-state index contributed by atoms with van der Waals surface area (Å²) in [6, 6.07) is 11.4. The minimum atomic E-state index is -0.682. The summed E-state index contributed by atoms with van der Waals surface area (Å²) in [7, 11) is 0. The first-order valence-electron chi connectivity index (χ1n) is 8.14. The SMILES string of the molecule is C[C@H](O)Cn1c(SCC(=O)NCc2ccccc2)nc2ccsc2c1=O. The third-order valence-electron chi connectivity index (χ3n) is 3.64. The van der Waals surface area contributed by atoms with Crippen molar-refractivity contribution in [2.75, 3.05) is 5.75 Å². The van der Waals surface area contributed by atoms with Crippen LogP contribution in [0.4, 0.5) is 0 Å². The van der Waals surface area contributed by atoms with Gasteiger partial charge in [0, 0.05) is 6.54 Å². The van der Waals surface area contributed by atoms with E-state index in [9.17, 15) is 14.7 Å². The van der Waals surface area contributed by atoms with Crippen LogP contribution in [0.1, 0.15) is 12.5 Å². The molecule has 6 nitrogen and oxygen atoms in total. The topological polar surface area (TPSA) is 84.2 Å². The van der Waals surface area contributed by atoms with Crippen molar-refractivity contribution in [3.05, 3.63) is 57.7 Å². The number of amides is 1. The van der Waals surface area contributed by atoms with Crippen LogP contribution in [0.3, 0.4) is 0 Å². The lowest BCUT2D eigenvalue weighted by Gasteiger charge is -2.13. The summed E-state index contributed by atoms with van der Waals surface area (Å²) in [5.74, 6) is 0.0106. The summed E-state index contributed by atoms with van der Waals surface area (Å²) in [5.41, 5.74) is 1.46. The molecule has 0 aliphatic heterocycles. The Morgan fingerprint density at radius 1 is 1.35 bits per heavy atom. The van der Waals surface area contributed by atoms with Gasteiger partial charge in [0.1, 0.15) is 4.70 Å². The number of hydrogen-bond donors (Lipinski definition) is 2. The lowest BCUT2D eigenvalue weighted by atomic mass is 10.2. The molecule has 0 saturated carbocycles. The van der Waals surface area contributed by atoms with Gasteiger partial charge in [-0.25, -0.2) is 4.98 Å². The first-order valence-corrected chi connectivity index (χ1v) is 10.0. The number of thiophene rings is 1. The van der Waals surface area contributed by atoms with Gasteiger partial charge < -0.3 is 10.4 Å². The number of benzene rings is 1. The van der Waals surface area contributed by atoms with Crippen LogP contribution in [-0.2, 0) is 17.9 Å². The molecule has 0 radical (unpaired) electrons. The van der Waals surface area contributed by atoms with Crippen molar-refractivity contribution in [2.24, 2.45) is 0 Å². The lowest BCUT2D eigenvalue weighted by Crippen LogP contribution is -2.28. The van der Waals surface area contributed by atoms with Gasteiger partial charge in [-0.05, 0) is 23.9 Å². The molecule has 0 aliphatic rings. The van der Waals surface area contributed by atoms with E-state index in [1.165, 1.54) is 27.7 Å². The third-order valence-corrected chi connectivity index (χ3v) is 5.51. The second kappa shape index (κ2) is 8.48. The Labute approximate surface area is 158 Å². The van der Waals surface area contributed by atoms with E-state index in [1.807, 2.05) is 35.7 Å². The maximum atomic E-state index is 12.6. The predicted molar refractivity (Wildman–Crippen MR) is 105 cm³/mol. The molecule has 136 valence electrons. The maximum Gasteiger partial charge on any atom is 0.272 e. The molecule has 2 heterocycles. The summed E-state index contributed by atoms with van der Waals surface area (Å²) in [4.78, 5) is 29.2. The van der Waals surface area contributed by atoms with Gasteiger partial charge in [-0.2, -0.15) is 0 Å². The predicted octanol–water partition coefficient (Wildman–Crippen LogP) is 2.25. The van der Waals surface area contributed by atoms with E-state index in [0.29, 0.717) is 21.9 Å². The van der Waals surface area contributed by atoms with Gasteiger partial charge >= 0.3 is 0 Å². The summed E-state index contributed by atoms with van der Waals surface area (Å²) in [6.07, 6.45) is -0.682. The van der Waals surface area contributed by atoms with Crippen LogP contribution >= 0.6 is 23.1 Å². The van der Waals surface area contributed by atoms with Crippen LogP contribution in [0, 0.1) is 0 Å². The number of thioether (sulfide) groups is 1. The quantitative estimate of drug-likeness (QED) is 0.478. The van der Waals surface area contributed by atoms with Gasteiger partial charge in [-0.3, -0.25) is 14.2 Å². The van der Waals surface area contributed by atoms with E-state index in [2.05, 4.69) is 10.3 Å². The van der Waals surface area contributed by atoms with Crippen LogP contribution in [-0.4, -0.2) is 32.4 Å². The van der Waals surface area contributed by atoms with E-state index in [4.69, 9.17) is 0 Å². The lowest BCUT2D eigenvalue weighted by molar-refractivity contribution is -0.118. The van der Waals surface area contributed by atoms with Gasteiger partial charge in [-0.1, -0.05) is 42.1 Å². The summed E-state index contributed by atoms with van der Waals surface area (Å²) in [5, 5.41) is 14.8. The number of aliphatic hydroxyl groups is 1. The van der Waals surface area contributed by atoms with Crippen LogP contribution in [0.25, 0.3) is 10.2 Å². The zero-order valence-electron chi connectivity index (χ0n) is 14.2. The molecule has 0 aliphatic carbocycles. The van der Waals surface area contributed by atoms with Gasteiger partial charge in [-0.15, -0.1) is 11.3 Å². The molecule has 1 aromatic carbocycles. The fourth-order valence-electron chi connectivity index (χ4n) is 2.44. The van der Waals surface area contributed by atoms with Crippen molar-refractivity contribution in [3.8, 4) is 0 Å². The van der Waals surface area contributed by atoms with Crippen LogP contribution in [0.15, 0.2) is 51.7 Å². The van der Waals surface area contributed by atoms with E-state index in [-0.39, 0.29) is 23.8 Å². The molecule has 1 atom stereocenters. The van der Waals surface area contributed by atoms with Crippen molar-refractivity contribution >= 4 is 39.2 Å². The molecule has 0 saturated heterocycles. The van der Waals surface area contributed by atoms with Gasteiger partial charge in [0.15, 0.2) is 5.16 Å². The van der Waals surface area contributed by atoms with Crippen LogP contribution < -0.4 is 10.9 Å². The van der Waals surface area contributed by atoms with Crippen molar-refractivity contribution < 1.29 is 9.90 Å². The van der Waals surface area contributed by atoms with Crippen LogP contribution in [0.2, 0.25) is 0 Å². The molecule has 0 bridgehead atoms. The monoisotopic (exact) mass is 389 g/mol. The largest absolute Gasteiger partial charge is 0.392 e. The zero-order chi connectivity index (χ0) is 18.5. The first-order chi connectivity index (χ1) is 12.5. The molecule has 8 heteroatoms. The second-order valence-corrected chi connectivity index (χ2v) is 7.70. The normalized spacial score (nSPS) is 12.2. The standard InChI is InChI=1S/C18H19N3O3S2/c1-12(22)10-21-17(24)16-14(7-8-25-16)20-18(21)26-11-15(23)19-9-13-5-3-2-4-6-13/h2-8,12,22H,9-11H2,1H3,(H,19,23)/t12-/m0/s1. The summed E-state index contributed by atoms with van der Waals surface area (Å²) >= 11 is 2.53. The highest BCUT2D eigenvalue weighted by Crippen LogP contribution is 2.21. The Morgan fingerprint density at radius 3 is 2.85 bits per heavy atom. The Kier molecular flexibility index (Phi) is 6.08. The van der Waals surface area contributed by atoms with Gasteiger partial charge in [0.05, 0.1) is 23.9 Å². The molecule has 2 aromatic heterocycles. The smallest absolute Gasteiger partial charge is 0.272 e. The van der Waals surface area contributed by atoms with E-state index < -0.39 is 6.10 Å². The van der Waals surface area contributed by atoms with Crippen molar-refractivity contribution in [1.82, 2.24) is 14.9 Å². The van der Waals surface area contributed by atoms with Gasteiger partial charge in [0.25, 0.3) is 5.56 Å². The Hall–Kier alpha value is -2.16. The highest BCUT2D eigenvalue weighted by molar-refractivity contribution is 7.99. The zero-order valence-corrected chi connectivity index (χ0v) is 15.8. The van der Waals surface area contributed by atoms with E-state index in [1.54, 1.807) is 13.0 Å². The summed E-state index contributed by atoms with van der Waals surface area (Å²) in [6.45, 7) is 2.22. The highest BCUT2D eigenvalue weighted by atomic mass is 32.2. The molecule has 3 rings (SSSR count).